The third-order valence-corrected chi connectivity index (χ3v) is 5.28. The van der Waals surface area contributed by atoms with Crippen molar-refractivity contribution < 1.29 is 37.3 Å². The fourth-order valence-corrected chi connectivity index (χ4v) is 3.53. The number of halogens is 2. The number of pyridine rings is 1. The minimum atomic E-state index is -3.12. The molecule has 0 aliphatic heterocycles. The summed E-state index contributed by atoms with van der Waals surface area (Å²) in [6.07, 6.45) is 5.53. The highest BCUT2D eigenvalue weighted by Crippen LogP contribution is 2.37. The molecule has 9 nitrogen and oxygen atoms in total. The quantitative estimate of drug-likeness (QED) is 0.323. The Hall–Kier alpha value is -3.89. The maximum absolute atomic E-state index is 13.2. The van der Waals surface area contributed by atoms with Gasteiger partial charge in [0.2, 0.25) is 0 Å². The van der Waals surface area contributed by atoms with Crippen molar-refractivity contribution in [2.75, 3.05) is 20.3 Å². The lowest BCUT2D eigenvalue weighted by molar-refractivity contribution is -0.141. The molecule has 0 unspecified atom stereocenters. The molecule has 1 saturated carbocycles. The predicted octanol–water partition coefficient (Wildman–Crippen LogP) is 3.84. The second kappa shape index (κ2) is 10.6. The molecule has 0 spiro atoms. The number of hydrogen-bond acceptors (Lipinski definition) is 7. The lowest BCUT2D eigenvalue weighted by Gasteiger charge is -2.16. The van der Waals surface area contributed by atoms with E-state index in [4.69, 9.17) is 18.9 Å². The van der Waals surface area contributed by atoms with Crippen LogP contribution >= 0.6 is 0 Å². The Kier molecular flexibility index (Phi) is 7.33. The zero-order valence-electron chi connectivity index (χ0n) is 19.3. The van der Waals surface area contributed by atoms with E-state index in [2.05, 4.69) is 10.3 Å². The number of nitrogens with zero attached hydrogens (tertiary/aromatic N) is 2. The van der Waals surface area contributed by atoms with Crippen LogP contribution < -0.4 is 19.5 Å². The summed E-state index contributed by atoms with van der Waals surface area (Å²) in [5, 5.41) is 2.78. The standard InChI is InChI=1S/C24H25F2N3O6/c1-14(30)33-8-3-9-34-17-6-7-29-18(13-27-21(29)12-17)15-10-19(32-2)22(20(11-15)35-24(25)26)23(31)28-16-4-5-16/h6-7,10-13,16,24H,3-5,8-9H2,1-2H3,(H,28,31). The zero-order chi connectivity index (χ0) is 24.9. The van der Waals surface area contributed by atoms with Crippen LogP contribution in [-0.4, -0.2) is 54.2 Å². The van der Waals surface area contributed by atoms with Crippen molar-refractivity contribution in [3.8, 4) is 28.5 Å². The molecule has 1 fully saturated rings. The van der Waals surface area contributed by atoms with Gasteiger partial charge in [-0.2, -0.15) is 8.78 Å². The van der Waals surface area contributed by atoms with Crippen LogP contribution in [0.3, 0.4) is 0 Å². The maximum atomic E-state index is 13.2. The van der Waals surface area contributed by atoms with Gasteiger partial charge in [-0.3, -0.25) is 14.0 Å². The topological polar surface area (TPSA) is 100 Å². The first kappa shape index (κ1) is 24.2. The number of benzene rings is 1. The Morgan fingerprint density at radius 2 is 1.97 bits per heavy atom. The first-order valence-electron chi connectivity index (χ1n) is 11.1. The Bertz CT molecular complexity index is 1230. The second-order valence-corrected chi connectivity index (χ2v) is 7.95. The second-order valence-electron chi connectivity index (χ2n) is 7.95. The van der Waals surface area contributed by atoms with Crippen LogP contribution in [0.1, 0.15) is 36.5 Å². The van der Waals surface area contributed by atoms with E-state index in [0.717, 1.165) is 12.8 Å². The average molecular weight is 489 g/mol. The molecule has 0 saturated heterocycles. The van der Waals surface area contributed by atoms with E-state index >= 15 is 0 Å². The number of alkyl halides is 2. The summed E-state index contributed by atoms with van der Waals surface area (Å²) >= 11 is 0. The van der Waals surface area contributed by atoms with E-state index < -0.39 is 12.5 Å². The van der Waals surface area contributed by atoms with Gasteiger partial charge in [0.15, 0.2) is 0 Å². The molecule has 0 radical (unpaired) electrons. The van der Waals surface area contributed by atoms with E-state index in [1.54, 1.807) is 35.0 Å². The third-order valence-electron chi connectivity index (χ3n) is 5.28. The molecular weight excluding hydrogens is 464 g/mol. The zero-order valence-corrected chi connectivity index (χ0v) is 19.3. The summed E-state index contributed by atoms with van der Waals surface area (Å²) in [7, 11) is 1.36. The molecule has 1 aliphatic rings. The molecule has 35 heavy (non-hydrogen) atoms. The number of hydrogen-bond donors (Lipinski definition) is 1. The summed E-state index contributed by atoms with van der Waals surface area (Å²) in [5.41, 5.74) is 1.53. The largest absolute Gasteiger partial charge is 0.496 e. The lowest BCUT2D eigenvalue weighted by atomic mass is 10.1. The number of methoxy groups -OCH3 is 1. The summed E-state index contributed by atoms with van der Waals surface area (Å²) in [5.74, 6) is -0.468. The van der Waals surface area contributed by atoms with Gasteiger partial charge in [0, 0.05) is 37.2 Å². The van der Waals surface area contributed by atoms with Gasteiger partial charge in [-0.15, -0.1) is 0 Å². The maximum Gasteiger partial charge on any atom is 0.387 e. The van der Waals surface area contributed by atoms with Gasteiger partial charge in [-0.25, -0.2) is 4.98 Å². The number of amides is 1. The van der Waals surface area contributed by atoms with Gasteiger partial charge in [0.25, 0.3) is 5.91 Å². The predicted molar refractivity (Wildman–Crippen MR) is 121 cm³/mol. The molecule has 1 amide bonds. The monoisotopic (exact) mass is 489 g/mol. The molecule has 3 aromatic rings. The van der Waals surface area contributed by atoms with E-state index in [9.17, 15) is 18.4 Å². The van der Waals surface area contributed by atoms with E-state index in [1.807, 2.05) is 0 Å². The van der Waals surface area contributed by atoms with Crippen LogP contribution in [0.15, 0.2) is 36.7 Å². The minimum absolute atomic E-state index is 0.0307. The molecule has 186 valence electrons. The molecule has 0 atom stereocenters. The Morgan fingerprint density at radius 3 is 2.66 bits per heavy atom. The van der Waals surface area contributed by atoms with Crippen molar-refractivity contribution >= 4 is 17.5 Å². The van der Waals surface area contributed by atoms with Crippen molar-refractivity contribution in [1.29, 1.82) is 0 Å². The minimum Gasteiger partial charge on any atom is -0.496 e. The molecule has 11 heteroatoms. The number of imidazole rings is 1. The van der Waals surface area contributed by atoms with Crippen LogP contribution in [0.5, 0.6) is 17.2 Å². The van der Waals surface area contributed by atoms with Crippen molar-refractivity contribution in [3.05, 3.63) is 42.2 Å². The van der Waals surface area contributed by atoms with Gasteiger partial charge in [-0.1, -0.05) is 0 Å². The van der Waals surface area contributed by atoms with Crippen molar-refractivity contribution in [2.45, 2.75) is 38.8 Å². The van der Waals surface area contributed by atoms with Gasteiger partial charge in [0.05, 0.1) is 32.2 Å². The molecule has 2 heterocycles. The van der Waals surface area contributed by atoms with Gasteiger partial charge in [-0.05, 0) is 31.0 Å². The fourth-order valence-electron chi connectivity index (χ4n) is 3.53. The van der Waals surface area contributed by atoms with Crippen LogP contribution in [0.25, 0.3) is 16.9 Å². The van der Waals surface area contributed by atoms with Crippen LogP contribution in [0, 0.1) is 0 Å². The first-order valence-corrected chi connectivity index (χ1v) is 11.1. The van der Waals surface area contributed by atoms with Crippen molar-refractivity contribution in [1.82, 2.24) is 14.7 Å². The number of carbonyl (C=O) groups is 2. The lowest BCUT2D eigenvalue weighted by Crippen LogP contribution is -2.26. The summed E-state index contributed by atoms with van der Waals surface area (Å²) in [4.78, 5) is 27.9. The molecular formula is C24H25F2N3O6. The third kappa shape index (κ3) is 5.97. The SMILES string of the molecule is COc1cc(-c2cnc3cc(OCCCOC(C)=O)ccn23)cc(OC(F)F)c1C(=O)NC1CC1. The first-order chi connectivity index (χ1) is 16.9. The number of fused-ring (bicyclic) bond motifs is 1. The highest BCUT2D eigenvalue weighted by atomic mass is 19.3. The van der Waals surface area contributed by atoms with E-state index in [1.165, 1.54) is 20.1 Å². The Balaban J connectivity index is 1.60. The van der Waals surface area contributed by atoms with E-state index in [0.29, 0.717) is 35.7 Å². The Labute approximate surface area is 199 Å². The number of rotatable bonds is 11. The molecule has 1 aliphatic carbocycles. The van der Waals surface area contributed by atoms with E-state index in [-0.39, 0.29) is 35.7 Å². The number of nitrogens with one attached hydrogen (secondary N) is 1. The molecule has 1 N–H and O–H groups in total. The molecule has 2 aromatic heterocycles. The average Bonchev–Trinajstić information content (AvgIpc) is 3.52. The summed E-state index contributed by atoms with van der Waals surface area (Å²) < 4.78 is 48.7. The highest BCUT2D eigenvalue weighted by molar-refractivity contribution is 6.01. The normalized spacial score (nSPS) is 13.1. The van der Waals surface area contributed by atoms with Crippen molar-refractivity contribution in [3.63, 3.8) is 0 Å². The van der Waals surface area contributed by atoms with Crippen molar-refractivity contribution in [2.24, 2.45) is 0 Å². The fraction of sp³-hybridized carbons (Fsp3) is 0.375. The van der Waals surface area contributed by atoms with Gasteiger partial charge < -0.3 is 24.3 Å². The molecule has 4 rings (SSSR count). The highest BCUT2D eigenvalue weighted by Gasteiger charge is 2.29. The number of aromatic nitrogens is 2. The molecule has 1 aromatic carbocycles. The van der Waals surface area contributed by atoms with Gasteiger partial charge >= 0.3 is 12.6 Å². The van der Waals surface area contributed by atoms with Gasteiger partial charge in [0.1, 0.15) is 28.5 Å². The number of ether oxygens (including phenoxy) is 4. The van der Waals surface area contributed by atoms with Crippen LogP contribution in [-0.2, 0) is 9.53 Å². The smallest absolute Gasteiger partial charge is 0.387 e. The Morgan fingerprint density at radius 1 is 1.20 bits per heavy atom. The summed E-state index contributed by atoms with van der Waals surface area (Å²) in [6, 6.07) is 6.45. The van der Waals surface area contributed by atoms with Crippen LogP contribution in [0.2, 0.25) is 0 Å². The molecule has 0 bridgehead atoms. The number of esters is 1. The number of carbonyl (C=O) groups excluding carboxylic acids is 2. The van der Waals surface area contributed by atoms with Crippen LogP contribution in [0.4, 0.5) is 8.78 Å². The summed E-state index contributed by atoms with van der Waals surface area (Å²) in [6.45, 7) is -1.15.